The van der Waals surface area contributed by atoms with Crippen molar-refractivity contribution in [3.8, 4) is 0 Å². The minimum absolute atomic E-state index is 0.159. The molecule has 1 fully saturated rings. The van der Waals surface area contributed by atoms with Gasteiger partial charge in [0.05, 0.1) is 6.10 Å². The van der Waals surface area contributed by atoms with Gasteiger partial charge in [-0.1, -0.05) is 19.9 Å². The lowest BCUT2D eigenvalue weighted by Gasteiger charge is -2.55. The van der Waals surface area contributed by atoms with E-state index in [4.69, 9.17) is 9.73 Å². The first-order chi connectivity index (χ1) is 14.0. The first kappa shape index (κ1) is 21.8. The number of aryl methyl sites for hydroxylation is 1. The van der Waals surface area contributed by atoms with Gasteiger partial charge in [0, 0.05) is 37.0 Å². The number of ether oxygens (including phenoxy) is 1. The predicted molar refractivity (Wildman–Crippen MR) is 118 cm³/mol. The zero-order chi connectivity index (χ0) is 20.9. The molecule has 2 aromatic rings. The van der Waals surface area contributed by atoms with Crippen LogP contribution in [0, 0.1) is 12.3 Å². The first-order valence-electron chi connectivity index (χ1n) is 10.5. The number of hydrogen-bond donors (Lipinski definition) is 2. The van der Waals surface area contributed by atoms with Crippen molar-refractivity contribution < 1.29 is 4.74 Å². The van der Waals surface area contributed by atoms with E-state index in [1.165, 1.54) is 4.88 Å². The number of aromatic nitrogens is 3. The van der Waals surface area contributed by atoms with Crippen LogP contribution in [-0.2, 0) is 24.8 Å². The maximum absolute atomic E-state index is 5.75. The molecule has 29 heavy (non-hydrogen) atoms. The maximum atomic E-state index is 5.75. The minimum Gasteiger partial charge on any atom is -0.381 e. The number of hydrogen-bond acceptors (Lipinski definition) is 5. The van der Waals surface area contributed by atoms with Crippen LogP contribution in [0.2, 0.25) is 0 Å². The van der Waals surface area contributed by atoms with Crippen LogP contribution >= 0.6 is 11.3 Å². The topological polar surface area (TPSA) is 76.4 Å². The number of thiophene rings is 1. The summed E-state index contributed by atoms with van der Waals surface area (Å²) in [5.41, 5.74) is 0.159. The van der Waals surface area contributed by atoms with E-state index in [9.17, 15) is 0 Å². The quantitative estimate of drug-likeness (QED) is 0.483. The zero-order valence-corrected chi connectivity index (χ0v) is 19.1. The van der Waals surface area contributed by atoms with Crippen LogP contribution in [0.15, 0.2) is 22.5 Å². The third-order valence-electron chi connectivity index (χ3n) is 6.50. The normalized spacial score (nSPS) is 21.1. The highest BCUT2D eigenvalue weighted by Gasteiger charge is 2.53. The smallest absolute Gasteiger partial charge is 0.191 e. The highest BCUT2D eigenvalue weighted by Crippen LogP contribution is 2.48. The van der Waals surface area contributed by atoms with Crippen molar-refractivity contribution in [2.75, 3.05) is 13.7 Å². The Kier molecular flexibility index (Phi) is 7.29. The molecule has 2 aromatic heterocycles. The van der Waals surface area contributed by atoms with Gasteiger partial charge in [-0.05, 0) is 44.1 Å². The van der Waals surface area contributed by atoms with Crippen LogP contribution in [0.5, 0.6) is 0 Å². The van der Waals surface area contributed by atoms with Crippen molar-refractivity contribution in [1.29, 1.82) is 0 Å². The van der Waals surface area contributed by atoms with E-state index in [0.717, 1.165) is 49.8 Å². The molecule has 2 atom stereocenters. The second-order valence-corrected chi connectivity index (χ2v) is 8.77. The Morgan fingerprint density at radius 2 is 2.17 bits per heavy atom. The molecule has 1 aliphatic carbocycles. The Hall–Kier alpha value is -1.93. The van der Waals surface area contributed by atoms with E-state index in [2.05, 4.69) is 52.2 Å². The number of rotatable bonds is 9. The Bertz CT molecular complexity index is 796. The van der Waals surface area contributed by atoms with E-state index in [1.54, 1.807) is 11.3 Å². The van der Waals surface area contributed by atoms with E-state index >= 15 is 0 Å². The molecule has 0 spiro atoms. The third-order valence-corrected chi connectivity index (χ3v) is 7.44. The fourth-order valence-electron chi connectivity index (χ4n) is 4.29. The van der Waals surface area contributed by atoms with Gasteiger partial charge in [-0.2, -0.15) is 0 Å². The first-order valence-corrected chi connectivity index (χ1v) is 11.4. The molecule has 2 heterocycles. The van der Waals surface area contributed by atoms with Gasteiger partial charge >= 0.3 is 0 Å². The fraction of sp³-hybridized carbons (Fsp3) is 0.667. The molecule has 0 aliphatic heterocycles. The highest BCUT2D eigenvalue weighted by molar-refractivity contribution is 7.09. The predicted octanol–water partition coefficient (Wildman–Crippen LogP) is 3.06. The lowest BCUT2D eigenvalue weighted by atomic mass is 9.58. The van der Waals surface area contributed by atoms with Gasteiger partial charge in [-0.15, -0.1) is 21.5 Å². The van der Waals surface area contributed by atoms with Crippen LogP contribution in [-0.4, -0.2) is 46.5 Å². The van der Waals surface area contributed by atoms with Gasteiger partial charge in [0.15, 0.2) is 11.8 Å². The Balaban J connectivity index is 1.69. The number of methoxy groups -OCH3 is 1. The standard InChI is InChI=1S/C21H34N6OS/c1-6-21(7-2)17(13-18(21)28-5)24-20(22-11-10-16-9-8-12-29-16)23-14-19-26-25-15(3)27(19)4/h8-9,12,17-18H,6-7,10-11,13-14H2,1-5H3,(H2,22,23,24). The van der Waals surface area contributed by atoms with Gasteiger partial charge in [-0.25, -0.2) is 4.99 Å². The molecular weight excluding hydrogens is 384 g/mol. The van der Waals surface area contributed by atoms with Crippen molar-refractivity contribution in [2.45, 2.75) is 65.1 Å². The summed E-state index contributed by atoms with van der Waals surface area (Å²) in [7, 11) is 3.80. The highest BCUT2D eigenvalue weighted by atomic mass is 32.1. The van der Waals surface area contributed by atoms with Crippen molar-refractivity contribution in [1.82, 2.24) is 25.4 Å². The Morgan fingerprint density at radius 1 is 1.38 bits per heavy atom. The van der Waals surface area contributed by atoms with Gasteiger partial charge in [0.1, 0.15) is 12.4 Å². The summed E-state index contributed by atoms with van der Waals surface area (Å²) in [6.45, 7) is 7.81. The summed E-state index contributed by atoms with van der Waals surface area (Å²) in [4.78, 5) is 6.20. The molecule has 160 valence electrons. The second kappa shape index (κ2) is 9.71. The summed E-state index contributed by atoms with van der Waals surface area (Å²) < 4.78 is 7.74. The Labute approximate surface area is 178 Å². The number of aliphatic imine (C=N–C) groups is 1. The minimum atomic E-state index is 0.159. The van der Waals surface area contributed by atoms with E-state index in [0.29, 0.717) is 18.7 Å². The molecular formula is C21H34N6OS. The van der Waals surface area contributed by atoms with Crippen LogP contribution in [0.25, 0.3) is 0 Å². The van der Waals surface area contributed by atoms with Crippen molar-refractivity contribution >= 4 is 17.3 Å². The average molecular weight is 419 g/mol. The van der Waals surface area contributed by atoms with E-state index < -0.39 is 0 Å². The number of nitrogens with one attached hydrogen (secondary N) is 2. The molecule has 8 heteroatoms. The average Bonchev–Trinajstić information content (AvgIpc) is 3.34. The number of guanidine groups is 1. The van der Waals surface area contributed by atoms with E-state index in [1.807, 2.05) is 25.6 Å². The Morgan fingerprint density at radius 3 is 2.76 bits per heavy atom. The summed E-state index contributed by atoms with van der Waals surface area (Å²) in [6.07, 6.45) is 4.48. The van der Waals surface area contributed by atoms with Gasteiger partial charge in [0.25, 0.3) is 0 Å². The van der Waals surface area contributed by atoms with Gasteiger partial charge in [-0.3, -0.25) is 0 Å². The monoisotopic (exact) mass is 418 g/mol. The summed E-state index contributed by atoms with van der Waals surface area (Å²) >= 11 is 1.79. The molecule has 7 nitrogen and oxygen atoms in total. The molecule has 0 saturated heterocycles. The fourth-order valence-corrected chi connectivity index (χ4v) is 5.00. The molecule has 0 bridgehead atoms. The van der Waals surface area contributed by atoms with Crippen molar-refractivity contribution in [3.05, 3.63) is 34.0 Å². The van der Waals surface area contributed by atoms with Crippen molar-refractivity contribution in [2.24, 2.45) is 17.5 Å². The van der Waals surface area contributed by atoms with Gasteiger partial charge < -0.3 is 19.9 Å². The lowest BCUT2D eigenvalue weighted by Crippen LogP contribution is -2.65. The van der Waals surface area contributed by atoms with Crippen LogP contribution in [0.1, 0.15) is 49.6 Å². The lowest BCUT2D eigenvalue weighted by molar-refractivity contribution is -0.118. The summed E-state index contributed by atoms with van der Waals surface area (Å²) in [6, 6.07) is 4.63. The molecule has 2 unspecified atom stereocenters. The molecule has 1 saturated carbocycles. The van der Waals surface area contributed by atoms with Crippen LogP contribution < -0.4 is 10.6 Å². The second-order valence-electron chi connectivity index (χ2n) is 7.74. The molecule has 0 amide bonds. The number of nitrogens with zero attached hydrogens (tertiary/aromatic N) is 4. The molecule has 3 rings (SSSR count). The summed E-state index contributed by atoms with van der Waals surface area (Å²) in [5.74, 6) is 2.60. The van der Waals surface area contributed by atoms with Crippen LogP contribution in [0.4, 0.5) is 0 Å². The summed E-state index contributed by atoms with van der Waals surface area (Å²) in [5, 5.41) is 17.7. The molecule has 2 N–H and O–H groups in total. The molecule has 1 aliphatic rings. The molecule has 0 radical (unpaired) electrons. The third kappa shape index (κ3) is 4.64. The van der Waals surface area contributed by atoms with Gasteiger partial charge in [0.2, 0.25) is 0 Å². The molecule has 0 aromatic carbocycles. The van der Waals surface area contributed by atoms with Crippen molar-refractivity contribution in [3.63, 3.8) is 0 Å². The SMILES string of the molecule is CCC1(CC)C(NC(=NCc2nnc(C)n2C)NCCc2cccs2)CC1OC. The zero-order valence-electron chi connectivity index (χ0n) is 18.2. The largest absolute Gasteiger partial charge is 0.381 e. The van der Waals surface area contributed by atoms with Crippen LogP contribution in [0.3, 0.4) is 0 Å². The van der Waals surface area contributed by atoms with E-state index in [-0.39, 0.29) is 5.41 Å². The maximum Gasteiger partial charge on any atom is 0.191 e.